The lowest BCUT2D eigenvalue weighted by Crippen LogP contribution is -2.36. The van der Waals surface area contributed by atoms with Crippen LogP contribution in [0.4, 0.5) is 16.2 Å². The lowest BCUT2D eigenvalue weighted by atomic mass is 10.0. The lowest BCUT2D eigenvalue weighted by Gasteiger charge is -2.24. The second-order valence-electron chi connectivity index (χ2n) is 11.6. The van der Waals surface area contributed by atoms with Crippen LogP contribution in [0.15, 0.2) is 78.9 Å². The van der Waals surface area contributed by atoms with Gasteiger partial charge in [0.2, 0.25) is 0 Å². The van der Waals surface area contributed by atoms with Gasteiger partial charge in [-0.1, -0.05) is 112 Å². The maximum atomic E-state index is 14.1. The van der Waals surface area contributed by atoms with E-state index in [1.54, 1.807) is 47.4 Å². The van der Waals surface area contributed by atoms with Crippen LogP contribution in [0.1, 0.15) is 81.5 Å². The van der Waals surface area contributed by atoms with Gasteiger partial charge in [-0.2, -0.15) is 4.68 Å². The minimum absolute atomic E-state index is 0.116. The molecule has 240 valence electrons. The van der Waals surface area contributed by atoms with Gasteiger partial charge in [-0.3, -0.25) is 9.69 Å². The summed E-state index contributed by atoms with van der Waals surface area (Å²) >= 11 is 0. The number of aromatic hydroxyl groups is 1. The van der Waals surface area contributed by atoms with Crippen LogP contribution in [0.5, 0.6) is 11.5 Å². The van der Waals surface area contributed by atoms with Crippen molar-refractivity contribution >= 4 is 45.1 Å². The Morgan fingerprint density at radius 2 is 1.50 bits per heavy atom. The van der Waals surface area contributed by atoms with Crippen molar-refractivity contribution in [1.82, 2.24) is 15.0 Å². The number of ether oxygens (including phenoxy) is 1. The Bertz CT molecular complexity index is 1780. The van der Waals surface area contributed by atoms with Crippen molar-refractivity contribution in [2.75, 3.05) is 23.9 Å². The molecule has 2 amide bonds. The Labute approximate surface area is 270 Å². The number of aromatic nitrogens is 3. The second-order valence-corrected chi connectivity index (χ2v) is 11.6. The average Bonchev–Trinajstić information content (AvgIpc) is 3.52. The zero-order chi connectivity index (χ0) is 32.3. The SMILES string of the molecule is CCCCCCCCCCCCN(C(=O)n1nnc2ccccc21)c1cccc2c(O)c(C(=O)Nc3ccccc3OC)ccc12. The highest BCUT2D eigenvalue weighted by atomic mass is 16.5. The predicted molar refractivity (Wildman–Crippen MR) is 184 cm³/mol. The first-order valence-corrected chi connectivity index (χ1v) is 16.3. The number of nitrogens with zero attached hydrogens (tertiary/aromatic N) is 4. The molecule has 1 aromatic heterocycles. The molecule has 2 N–H and O–H groups in total. The van der Waals surface area contributed by atoms with Gasteiger partial charge in [0.15, 0.2) is 0 Å². The van der Waals surface area contributed by atoms with Crippen molar-refractivity contribution in [3.8, 4) is 11.5 Å². The highest BCUT2D eigenvalue weighted by Crippen LogP contribution is 2.36. The molecule has 46 heavy (non-hydrogen) atoms. The number of unbranched alkanes of at least 4 members (excludes halogenated alkanes) is 9. The standard InChI is InChI=1S/C37H43N5O4/c1-3-4-5-6-7-8-9-10-11-16-26-41(37(45)42-33-21-14-12-19-30(33)39-40-42)32-22-17-18-28-27(32)24-25-29(35(28)43)36(44)38-31-20-13-15-23-34(31)46-2/h12-15,17-25,43H,3-11,16,26H2,1-2H3,(H,38,44). The number of rotatable bonds is 15. The number of para-hydroxylation sites is 3. The van der Waals surface area contributed by atoms with Crippen LogP contribution in [0.3, 0.4) is 0 Å². The molecule has 0 fully saturated rings. The summed E-state index contributed by atoms with van der Waals surface area (Å²) in [7, 11) is 1.53. The molecule has 0 unspecified atom stereocenters. The summed E-state index contributed by atoms with van der Waals surface area (Å²) in [6, 6.07) is 22.9. The molecule has 5 aromatic rings. The van der Waals surface area contributed by atoms with Crippen LogP contribution >= 0.6 is 0 Å². The molecule has 9 heteroatoms. The van der Waals surface area contributed by atoms with Gasteiger partial charge in [-0.15, -0.1) is 5.10 Å². The van der Waals surface area contributed by atoms with Gasteiger partial charge >= 0.3 is 6.03 Å². The number of hydrogen-bond acceptors (Lipinski definition) is 6. The summed E-state index contributed by atoms with van der Waals surface area (Å²) in [4.78, 5) is 29.1. The maximum Gasteiger partial charge on any atom is 0.351 e. The third-order valence-electron chi connectivity index (χ3n) is 8.40. The molecule has 0 aliphatic rings. The normalized spacial score (nSPS) is 11.2. The van der Waals surface area contributed by atoms with E-state index in [2.05, 4.69) is 22.6 Å². The fourth-order valence-corrected chi connectivity index (χ4v) is 5.88. The van der Waals surface area contributed by atoms with Crippen LogP contribution in [-0.4, -0.2) is 45.7 Å². The quantitative estimate of drug-likeness (QED) is 0.113. The number of carbonyl (C=O) groups excluding carboxylic acids is 2. The van der Waals surface area contributed by atoms with Crippen molar-refractivity contribution in [3.63, 3.8) is 0 Å². The number of anilines is 2. The molecule has 0 saturated heterocycles. The highest BCUT2D eigenvalue weighted by Gasteiger charge is 2.24. The number of benzene rings is 4. The van der Waals surface area contributed by atoms with Crippen molar-refractivity contribution in [2.24, 2.45) is 0 Å². The van der Waals surface area contributed by atoms with E-state index in [-0.39, 0.29) is 17.3 Å². The fraction of sp³-hybridized carbons (Fsp3) is 0.351. The maximum absolute atomic E-state index is 14.1. The smallest absolute Gasteiger partial charge is 0.351 e. The van der Waals surface area contributed by atoms with Crippen LogP contribution in [0.2, 0.25) is 0 Å². The number of fused-ring (bicyclic) bond motifs is 2. The largest absolute Gasteiger partial charge is 0.506 e. The molecule has 0 saturated carbocycles. The van der Waals surface area contributed by atoms with E-state index in [9.17, 15) is 14.7 Å². The molecular weight excluding hydrogens is 578 g/mol. The van der Waals surface area contributed by atoms with Gasteiger partial charge < -0.3 is 15.2 Å². The lowest BCUT2D eigenvalue weighted by molar-refractivity contribution is 0.102. The minimum atomic E-state index is -0.471. The van der Waals surface area contributed by atoms with E-state index in [0.29, 0.717) is 45.5 Å². The Morgan fingerprint density at radius 3 is 2.26 bits per heavy atom. The van der Waals surface area contributed by atoms with E-state index in [0.717, 1.165) is 19.3 Å². The first kappa shape index (κ1) is 32.5. The van der Waals surface area contributed by atoms with Gasteiger partial charge in [0.1, 0.15) is 17.0 Å². The van der Waals surface area contributed by atoms with Gasteiger partial charge in [0, 0.05) is 17.3 Å². The minimum Gasteiger partial charge on any atom is -0.506 e. The van der Waals surface area contributed by atoms with Gasteiger partial charge in [-0.25, -0.2) is 4.79 Å². The number of phenolic OH excluding ortho intramolecular Hbond substituents is 1. The summed E-state index contributed by atoms with van der Waals surface area (Å²) in [5.41, 5.74) is 2.50. The molecule has 0 aliphatic carbocycles. The van der Waals surface area contributed by atoms with Gasteiger partial charge in [0.25, 0.3) is 5.91 Å². The summed E-state index contributed by atoms with van der Waals surface area (Å²) in [5.74, 6) is -0.119. The summed E-state index contributed by atoms with van der Waals surface area (Å²) in [6.07, 6.45) is 11.8. The molecule has 0 aliphatic heterocycles. The summed E-state index contributed by atoms with van der Waals surface area (Å²) in [5, 5.41) is 23.7. The molecule has 0 atom stereocenters. The zero-order valence-corrected chi connectivity index (χ0v) is 26.7. The van der Waals surface area contributed by atoms with Crippen LogP contribution in [0.25, 0.3) is 21.8 Å². The molecular formula is C37H43N5O4. The number of phenols is 1. The summed E-state index contributed by atoms with van der Waals surface area (Å²) in [6.45, 7) is 2.71. The monoisotopic (exact) mass is 621 g/mol. The topological polar surface area (TPSA) is 110 Å². The number of methoxy groups -OCH3 is 1. The average molecular weight is 622 g/mol. The molecule has 1 heterocycles. The van der Waals surface area contributed by atoms with Crippen molar-refractivity contribution in [1.29, 1.82) is 0 Å². The zero-order valence-electron chi connectivity index (χ0n) is 26.7. The number of hydrogen-bond donors (Lipinski definition) is 2. The Hall–Kier alpha value is -4.92. The first-order valence-electron chi connectivity index (χ1n) is 16.3. The van der Waals surface area contributed by atoms with Crippen molar-refractivity contribution in [2.45, 2.75) is 71.1 Å². The van der Waals surface area contributed by atoms with E-state index >= 15 is 0 Å². The summed E-state index contributed by atoms with van der Waals surface area (Å²) < 4.78 is 6.69. The molecule has 9 nitrogen and oxygen atoms in total. The van der Waals surface area contributed by atoms with Crippen LogP contribution in [-0.2, 0) is 0 Å². The molecule has 0 spiro atoms. The van der Waals surface area contributed by atoms with E-state index in [1.807, 2.05) is 36.4 Å². The third kappa shape index (κ3) is 7.47. The molecule has 0 radical (unpaired) electrons. The first-order chi connectivity index (χ1) is 22.5. The van der Waals surface area contributed by atoms with Crippen LogP contribution < -0.4 is 15.0 Å². The van der Waals surface area contributed by atoms with Crippen molar-refractivity contribution < 1.29 is 19.4 Å². The van der Waals surface area contributed by atoms with Crippen molar-refractivity contribution in [3.05, 3.63) is 84.4 Å². The number of nitrogens with one attached hydrogen (secondary N) is 1. The van der Waals surface area contributed by atoms with E-state index in [1.165, 1.54) is 56.7 Å². The fourth-order valence-electron chi connectivity index (χ4n) is 5.88. The van der Waals surface area contributed by atoms with E-state index < -0.39 is 5.91 Å². The van der Waals surface area contributed by atoms with Gasteiger partial charge in [0.05, 0.1) is 29.6 Å². The third-order valence-corrected chi connectivity index (χ3v) is 8.40. The van der Waals surface area contributed by atoms with E-state index in [4.69, 9.17) is 4.74 Å². The number of carbonyl (C=O) groups is 2. The molecule has 4 aromatic carbocycles. The predicted octanol–water partition coefficient (Wildman–Crippen LogP) is 8.95. The molecule has 0 bridgehead atoms. The number of amides is 2. The molecule has 5 rings (SSSR count). The second kappa shape index (κ2) is 15.9. The van der Waals surface area contributed by atoms with Gasteiger partial charge in [-0.05, 0) is 42.8 Å². The highest BCUT2D eigenvalue weighted by molar-refractivity contribution is 6.13. The Balaban J connectivity index is 1.39. The Kier molecular flexibility index (Phi) is 11.2. The van der Waals surface area contributed by atoms with Crippen LogP contribution in [0, 0.1) is 0 Å². The Morgan fingerprint density at radius 1 is 0.804 bits per heavy atom.